The standard InChI is InChI=1S/C28H30BrCl2N3O4S/c1-19(2)32-28(36)26(15-20-7-5-4-6-8-20)33(17-21-9-11-22(29)12-10-21)27(35)18-34(39(3,37)38)25-16-23(30)13-14-24(25)31/h4-14,16,19,26H,15,17-18H2,1-3H3,(H,32,36)/t26-/m1/s1. The van der Waals surface area contributed by atoms with Crippen LogP contribution in [0.2, 0.25) is 10.0 Å². The first-order chi connectivity index (χ1) is 18.3. The van der Waals surface area contributed by atoms with E-state index in [0.29, 0.717) is 0 Å². The molecule has 0 unspecified atom stereocenters. The number of amides is 2. The van der Waals surface area contributed by atoms with Gasteiger partial charge in [-0.05, 0) is 55.3 Å². The van der Waals surface area contributed by atoms with Crippen LogP contribution in [0.3, 0.4) is 0 Å². The second kappa shape index (κ2) is 13.7. The molecule has 7 nitrogen and oxygen atoms in total. The largest absolute Gasteiger partial charge is 0.352 e. The van der Waals surface area contributed by atoms with Crippen molar-refractivity contribution in [2.45, 2.75) is 38.9 Å². The SMILES string of the molecule is CC(C)NC(=O)[C@@H](Cc1ccccc1)N(Cc1ccc(Br)cc1)C(=O)CN(c1cc(Cl)ccc1Cl)S(C)(=O)=O. The fraction of sp³-hybridized carbons (Fsp3) is 0.286. The van der Waals surface area contributed by atoms with E-state index in [-0.39, 0.29) is 40.6 Å². The molecule has 0 aliphatic carbocycles. The van der Waals surface area contributed by atoms with E-state index < -0.39 is 28.5 Å². The number of nitrogens with zero attached hydrogens (tertiary/aromatic N) is 2. The van der Waals surface area contributed by atoms with Crippen LogP contribution in [0.5, 0.6) is 0 Å². The third kappa shape index (κ3) is 8.96. The van der Waals surface area contributed by atoms with Crippen molar-refractivity contribution >= 4 is 66.7 Å². The first-order valence-electron chi connectivity index (χ1n) is 12.2. The number of carbonyl (C=O) groups is 2. The summed E-state index contributed by atoms with van der Waals surface area (Å²) >= 11 is 15.9. The lowest BCUT2D eigenvalue weighted by molar-refractivity contribution is -0.140. The second-order valence-corrected chi connectivity index (χ2v) is 13.0. The summed E-state index contributed by atoms with van der Waals surface area (Å²) in [6.07, 6.45) is 1.22. The lowest BCUT2D eigenvalue weighted by atomic mass is 10.0. The third-order valence-corrected chi connectivity index (χ3v) is 8.03. The third-order valence-electron chi connectivity index (χ3n) is 5.82. The summed E-state index contributed by atoms with van der Waals surface area (Å²) in [5.41, 5.74) is 1.70. The van der Waals surface area contributed by atoms with E-state index in [2.05, 4.69) is 21.2 Å². The Morgan fingerprint density at radius 3 is 2.18 bits per heavy atom. The number of hydrogen-bond acceptors (Lipinski definition) is 4. The lowest BCUT2D eigenvalue weighted by Crippen LogP contribution is -2.54. The van der Waals surface area contributed by atoms with Crippen molar-refractivity contribution in [1.82, 2.24) is 10.2 Å². The van der Waals surface area contributed by atoms with Crippen LogP contribution in [0.1, 0.15) is 25.0 Å². The molecule has 0 spiro atoms. The highest BCUT2D eigenvalue weighted by Crippen LogP contribution is 2.31. The van der Waals surface area contributed by atoms with Crippen molar-refractivity contribution in [1.29, 1.82) is 0 Å². The maximum absolute atomic E-state index is 14.0. The summed E-state index contributed by atoms with van der Waals surface area (Å²) in [6, 6.07) is 20.0. The van der Waals surface area contributed by atoms with Gasteiger partial charge in [-0.2, -0.15) is 0 Å². The Kier molecular flexibility index (Phi) is 10.8. The molecule has 0 saturated heterocycles. The smallest absolute Gasteiger partial charge is 0.244 e. The van der Waals surface area contributed by atoms with Crippen molar-refractivity contribution < 1.29 is 18.0 Å². The second-order valence-electron chi connectivity index (χ2n) is 9.38. The van der Waals surface area contributed by atoms with E-state index in [0.717, 1.165) is 26.2 Å². The first kappa shape index (κ1) is 30.9. The van der Waals surface area contributed by atoms with Gasteiger partial charge in [0.25, 0.3) is 0 Å². The maximum Gasteiger partial charge on any atom is 0.244 e. The molecular weight excluding hydrogens is 625 g/mol. The zero-order valence-electron chi connectivity index (χ0n) is 21.8. The summed E-state index contributed by atoms with van der Waals surface area (Å²) < 4.78 is 27.5. The van der Waals surface area contributed by atoms with Crippen LogP contribution in [-0.4, -0.2) is 50.0 Å². The van der Waals surface area contributed by atoms with Crippen LogP contribution in [0.15, 0.2) is 77.3 Å². The molecule has 3 aromatic carbocycles. The topological polar surface area (TPSA) is 86.8 Å². The van der Waals surface area contributed by atoms with Crippen molar-refractivity contribution in [2.24, 2.45) is 0 Å². The normalized spacial score (nSPS) is 12.2. The monoisotopic (exact) mass is 653 g/mol. The predicted octanol–water partition coefficient (Wildman–Crippen LogP) is 5.69. The molecule has 0 aliphatic rings. The Hall–Kier alpha value is -2.59. The van der Waals surface area contributed by atoms with E-state index >= 15 is 0 Å². The molecule has 39 heavy (non-hydrogen) atoms. The molecule has 3 rings (SSSR count). The van der Waals surface area contributed by atoms with Gasteiger partial charge in [-0.1, -0.05) is 81.6 Å². The molecule has 208 valence electrons. The fourth-order valence-corrected chi connectivity index (χ4v) is 5.55. The highest BCUT2D eigenvalue weighted by Gasteiger charge is 2.33. The molecule has 0 radical (unpaired) electrons. The highest BCUT2D eigenvalue weighted by atomic mass is 79.9. The van der Waals surface area contributed by atoms with Gasteiger partial charge in [0.05, 0.1) is 17.0 Å². The van der Waals surface area contributed by atoms with Crippen LogP contribution in [0.25, 0.3) is 0 Å². The number of benzene rings is 3. The minimum absolute atomic E-state index is 0.0786. The predicted molar refractivity (Wildman–Crippen MR) is 161 cm³/mol. The molecule has 0 heterocycles. The molecule has 0 fully saturated rings. The van der Waals surface area contributed by atoms with Gasteiger partial charge in [-0.3, -0.25) is 13.9 Å². The zero-order valence-corrected chi connectivity index (χ0v) is 25.7. The number of carbonyl (C=O) groups excluding carboxylic acids is 2. The maximum atomic E-state index is 14.0. The van der Waals surface area contributed by atoms with Gasteiger partial charge in [0, 0.05) is 28.5 Å². The van der Waals surface area contributed by atoms with Gasteiger partial charge in [0.15, 0.2) is 0 Å². The van der Waals surface area contributed by atoms with Gasteiger partial charge in [-0.15, -0.1) is 0 Å². The number of nitrogens with one attached hydrogen (secondary N) is 1. The average Bonchev–Trinajstić information content (AvgIpc) is 2.86. The summed E-state index contributed by atoms with van der Waals surface area (Å²) in [7, 11) is -3.95. The van der Waals surface area contributed by atoms with E-state index in [9.17, 15) is 18.0 Å². The fourth-order valence-electron chi connectivity index (χ4n) is 3.99. The number of sulfonamides is 1. The van der Waals surface area contributed by atoms with E-state index in [4.69, 9.17) is 23.2 Å². The Bertz CT molecular complexity index is 1400. The van der Waals surface area contributed by atoms with Gasteiger partial charge >= 0.3 is 0 Å². The summed E-state index contributed by atoms with van der Waals surface area (Å²) in [6.45, 7) is 3.18. The van der Waals surface area contributed by atoms with Gasteiger partial charge < -0.3 is 10.2 Å². The van der Waals surface area contributed by atoms with Gasteiger partial charge in [0.1, 0.15) is 12.6 Å². The highest BCUT2D eigenvalue weighted by molar-refractivity contribution is 9.10. The van der Waals surface area contributed by atoms with Crippen molar-refractivity contribution in [2.75, 3.05) is 17.1 Å². The summed E-state index contributed by atoms with van der Waals surface area (Å²) in [4.78, 5) is 29.0. The minimum Gasteiger partial charge on any atom is -0.352 e. The van der Waals surface area contributed by atoms with Crippen LogP contribution in [0, 0.1) is 0 Å². The van der Waals surface area contributed by atoms with Crippen molar-refractivity contribution in [3.63, 3.8) is 0 Å². The van der Waals surface area contributed by atoms with E-state index in [1.54, 1.807) is 0 Å². The van der Waals surface area contributed by atoms with Crippen LogP contribution in [0.4, 0.5) is 5.69 Å². The van der Waals surface area contributed by atoms with Gasteiger partial charge in [0.2, 0.25) is 21.8 Å². The molecule has 3 aromatic rings. The molecule has 1 atom stereocenters. The molecule has 0 bridgehead atoms. The Balaban J connectivity index is 2.07. The Morgan fingerprint density at radius 2 is 1.59 bits per heavy atom. The molecule has 11 heteroatoms. The molecular formula is C28H30BrCl2N3O4S. The number of halogens is 3. The number of anilines is 1. The summed E-state index contributed by atoms with van der Waals surface area (Å²) in [5, 5.41) is 3.30. The Labute approximate surface area is 248 Å². The molecule has 1 N–H and O–H groups in total. The minimum atomic E-state index is -3.95. The number of rotatable bonds is 11. The average molecular weight is 655 g/mol. The van der Waals surface area contributed by atoms with E-state index in [1.165, 1.54) is 23.1 Å². The van der Waals surface area contributed by atoms with E-state index in [1.807, 2.05) is 68.4 Å². The van der Waals surface area contributed by atoms with Crippen molar-refractivity contribution in [3.05, 3.63) is 98.4 Å². The lowest BCUT2D eigenvalue weighted by Gasteiger charge is -2.34. The Morgan fingerprint density at radius 1 is 0.949 bits per heavy atom. The van der Waals surface area contributed by atoms with Gasteiger partial charge in [-0.25, -0.2) is 8.42 Å². The zero-order chi connectivity index (χ0) is 28.7. The first-order valence-corrected chi connectivity index (χ1v) is 15.6. The van der Waals surface area contributed by atoms with Crippen LogP contribution in [-0.2, 0) is 32.6 Å². The van der Waals surface area contributed by atoms with Crippen molar-refractivity contribution in [3.8, 4) is 0 Å². The molecule has 0 aromatic heterocycles. The van der Waals surface area contributed by atoms with Crippen LogP contribution < -0.4 is 9.62 Å². The van der Waals surface area contributed by atoms with Crippen LogP contribution >= 0.6 is 39.1 Å². The quantitative estimate of drug-likeness (QED) is 0.288. The summed E-state index contributed by atoms with van der Waals surface area (Å²) in [5.74, 6) is -0.912. The molecule has 2 amide bonds. The number of hydrogen-bond donors (Lipinski definition) is 1. The molecule has 0 saturated carbocycles. The molecule has 0 aliphatic heterocycles.